The number of esters is 1. The van der Waals surface area contributed by atoms with Gasteiger partial charge >= 0.3 is 5.97 Å². The summed E-state index contributed by atoms with van der Waals surface area (Å²) < 4.78 is 5.47. The molecular formula is C66H125NO5. The van der Waals surface area contributed by atoms with E-state index in [2.05, 4.69) is 43.5 Å². The lowest BCUT2D eigenvalue weighted by Crippen LogP contribution is -2.45. The van der Waals surface area contributed by atoms with Gasteiger partial charge in [-0.15, -0.1) is 0 Å². The fourth-order valence-corrected chi connectivity index (χ4v) is 9.92. The van der Waals surface area contributed by atoms with Crippen LogP contribution in [0.4, 0.5) is 0 Å². The summed E-state index contributed by atoms with van der Waals surface area (Å²) in [6.07, 6.45) is 77.6. The zero-order valence-corrected chi connectivity index (χ0v) is 48.4. The predicted molar refractivity (Wildman–Crippen MR) is 315 cm³/mol. The minimum Gasteiger partial charge on any atom is -0.466 e. The van der Waals surface area contributed by atoms with E-state index in [-0.39, 0.29) is 18.5 Å². The fraction of sp³-hybridized carbons (Fsp3) is 0.879. The number of unbranched alkanes of at least 4 members (excludes halogenated alkanes) is 45. The van der Waals surface area contributed by atoms with Crippen LogP contribution in [0, 0.1) is 0 Å². The molecule has 0 aromatic heterocycles. The van der Waals surface area contributed by atoms with Crippen molar-refractivity contribution in [2.75, 3.05) is 13.2 Å². The third kappa shape index (κ3) is 57.4. The van der Waals surface area contributed by atoms with Gasteiger partial charge in [0.15, 0.2) is 0 Å². The lowest BCUT2D eigenvalue weighted by Gasteiger charge is -2.20. The average Bonchev–Trinajstić information content (AvgIpc) is 3.38. The van der Waals surface area contributed by atoms with Gasteiger partial charge in [-0.1, -0.05) is 288 Å². The number of amides is 1. The van der Waals surface area contributed by atoms with Gasteiger partial charge in [0, 0.05) is 12.8 Å². The van der Waals surface area contributed by atoms with Crippen LogP contribution in [0.2, 0.25) is 0 Å². The second kappa shape index (κ2) is 61.6. The van der Waals surface area contributed by atoms with E-state index in [0.29, 0.717) is 19.4 Å². The standard InChI is InChI=1S/C66H125NO5/c1-3-5-7-9-11-13-15-17-18-19-20-22-25-28-31-35-38-42-46-50-54-58-64(69)63(62-68)67-65(70)59-55-51-47-43-39-36-32-29-26-23-21-24-27-30-33-37-41-45-49-53-57-61-72-66(71)60-56-52-48-44-40-34-16-14-12-10-8-6-4-2/h14,16,23,26,54,58,63-64,68-69H,3-13,15,17-22,24-25,27-53,55-57,59-62H2,1-2H3,(H,67,70)/b16-14-,26-23-,58-54+. The van der Waals surface area contributed by atoms with Crippen LogP contribution in [0.25, 0.3) is 0 Å². The molecule has 72 heavy (non-hydrogen) atoms. The monoisotopic (exact) mass is 1010 g/mol. The third-order valence-corrected chi connectivity index (χ3v) is 14.9. The first-order valence-electron chi connectivity index (χ1n) is 32.3. The Morgan fingerprint density at radius 1 is 0.375 bits per heavy atom. The molecule has 0 saturated carbocycles. The van der Waals surface area contributed by atoms with Crippen LogP contribution in [-0.2, 0) is 14.3 Å². The zero-order valence-electron chi connectivity index (χ0n) is 48.4. The molecule has 0 heterocycles. The van der Waals surface area contributed by atoms with Crippen molar-refractivity contribution >= 4 is 11.9 Å². The number of allylic oxidation sites excluding steroid dienone is 5. The van der Waals surface area contributed by atoms with Gasteiger partial charge in [0.05, 0.1) is 25.4 Å². The van der Waals surface area contributed by atoms with Crippen LogP contribution in [0.1, 0.15) is 348 Å². The van der Waals surface area contributed by atoms with Gasteiger partial charge in [-0.25, -0.2) is 0 Å². The lowest BCUT2D eigenvalue weighted by atomic mass is 10.0. The SMILES string of the molecule is CCCCCC/C=C\CCCCCCCC(=O)OCCCCCCCCCCCC/C=C\CCCCCCCCCC(=O)NC(CO)C(O)/C=C/CCCCCCCCCCCCCCCCCCCCC. The average molecular weight is 1010 g/mol. The van der Waals surface area contributed by atoms with Crippen molar-refractivity contribution in [3.8, 4) is 0 Å². The van der Waals surface area contributed by atoms with Crippen molar-refractivity contribution in [3.63, 3.8) is 0 Å². The van der Waals surface area contributed by atoms with Crippen molar-refractivity contribution in [2.24, 2.45) is 0 Å². The molecule has 3 N–H and O–H groups in total. The summed E-state index contributed by atoms with van der Waals surface area (Å²) >= 11 is 0. The van der Waals surface area contributed by atoms with Gasteiger partial charge in [-0.2, -0.15) is 0 Å². The molecule has 0 radical (unpaired) electrons. The zero-order chi connectivity index (χ0) is 52.2. The maximum Gasteiger partial charge on any atom is 0.305 e. The van der Waals surface area contributed by atoms with E-state index >= 15 is 0 Å². The van der Waals surface area contributed by atoms with Gasteiger partial charge in [0.25, 0.3) is 0 Å². The van der Waals surface area contributed by atoms with Gasteiger partial charge in [-0.3, -0.25) is 9.59 Å². The molecule has 0 aromatic rings. The number of rotatable bonds is 60. The van der Waals surface area contributed by atoms with Crippen LogP contribution < -0.4 is 5.32 Å². The molecule has 0 aromatic carbocycles. The quantitative estimate of drug-likeness (QED) is 0.0320. The third-order valence-electron chi connectivity index (χ3n) is 14.9. The summed E-state index contributed by atoms with van der Waals surface area (Å²) in [7, 11) is 0. The molecule has 6 heteroatoms. The van der Waals surface area contributed by atoms with Gasteiger partial charge < -0.3 is 20.3 Å². The Morgan fingerprint density at radius 2 is 0.653 bits per heavy atom. The first-order valence-corrected chi connectivity index (χ1v) is 32.3. The molecule has 0 bridgehead atoms. The number of carbonyl (C=O) groups is 2. The van der Waals surface area contributed by atoms with Gasteiger partial charge in [-0.05, 0) is 83.5 Å². The normalized spacial score (nSPS) is 12.8. The Balaban J connectivity index is 3.46. The largest absolute Gasteiger partial charge is 0.466 e. The molecule has 0 aliphatic heterocycles. The summed E-state index contributed by atoms with van der Waals surface area (Å²) in [5.41, 5.74) is 0. The Bertz CT molecular complexity index is 1170. The number of nitrogens with one attached hydrogen (secondary N) is 1. The van der Waals surface area contributed by atoms with Crippen LogP contribution in [0.3, 0.4) is 0 Å². The molecule has 0 saturated heterocycles. The predicted octanol–water partition coefficient (Wildman–Crippen LogP) is 20.4. The molecule has 0 fully saturated rings. The molecular weight excluding hydrogens is 887 g/mol. The van der Waals surface area contributed by atoms with E-state index in [1.165, 1.54) is 270 Å². The van der Waals surface area contributed by atoms with E-state index in [1.54, 1.807) is 6.08 Å². The number of hydrogen-bond donors (Lipinski definition) is 3. The van der Waals surface area contributed by atoms with E-state index in [0.717, 1.165) is 51.4 Å². The maximum atomic E-state index is 12.5. The van der Waals surface area contributed by atoms with Gasteiger partial charge in [0.2, 0.25) is 5.91 Å². The Kier molecular flexibility index (Phi) is 60.0. The Hall–Kier alpha value is -1.92. The second-order valence-electron chi connectivity index (χ2n) is 22.1. The molecule has 0 rings (SSSR count). The van der Waals surface area contributed by atoms with Crippen LogP contribution >= 0.6 is 0 Å². The van der Waals surface area contributed by atoms with Crippen LogP contribution in [-0.4, -0.2) is 47.4 Å². The van der Waals surface area contributed by atoms with Crippen LogP contribution in [0.5, 0.6) is 0 Å². The number of aliphatic hydroxyl groups is 2. The fourth-order valence-electron chi connectivity index (χ4n) is 9.92. The molecule has 0 aliphatic carbocycles. The molecule has 0 aliphatic rings. The summed E-state index contributed by atoms with van der Waals surface area (Å²) in [4.78, 5) is 24.5. The number of ether oxygens (including phenoxy) is 1. The molecule has 424 valence electrons. The van der Waals surface area contributed by atoms with Crippen LogP contribution in [0.15, 0.2) is 36.5 Å². The first kappa shape index (κ1) is 70.1. The Morgan fingerprint density at radius 3 is 1.00 bits per heavy atom. The van der Waals surface area contributed by atoms with E-state index < -0.39 is 12.1 Å². The van der Waals surface area contributed by atoms with Crippen molar-refractivity contribution in [2.45, 2.75) is 360 Å². The topological polar surface area (TPSA) is 95.9 Å². The first-order chi connectivity index (χ1) is 35.5. The highest BCUT2D eigenvalue weighted by Crippen LogP contribution is 2.17. The maximum absolute atomic E-state index is 12.5. The highest BCUT2D eigenvalue weighted by molar-refractivity contribution is 5.76. The van der Waals surface area contributed by atoms with Crippen molar-refractivity contribution in [1.82, 2.24) is 5.32 Å². The summed E-state index contributed by atoms with van der Waals surface area (Å²) in [5, 5.41) is 23.2. The van der Waals surface area contributed by atoms with Crippen molar-refractivity contribution < 1.29 is 24.5 Å². The summed E-state index contributed by atoms with van der Waals surface area (Å²) in [5.74, 6) is -0.0746. The van der Waals surface area contributed by atoms with Crippen molar-refractivity contribution in [1.29, 1.82) is 0 Å². The van der Waals surface area contributed by atoms with E-state index in [4.69, 9.17) is 4.74 Å². The second-order valence-corrected chi connectivity index (χ2v) is 22.1. The number of hydrogen-bond acceptors (Lipinski definition) is 5. The summed E-state index contributed by atoms with van der Waals surface area (Å²) in [6, 6.07) is -0.635. The molecule has 2 unspecified atom stereocenters. The van der Waals surface area contributed by atoms with E-state index in [9.17, 15) is 19.8 Å². The molecule has 6 nitrogen and oxygen atoms in total. The molecule has 0 spiro atoms. The number of aliphatic hydroxyl groups excluding tert-OH is 2. The van der Waals surface area contributed by atoms with E-state index in [1.807, 2.05) is 6.08 Å². The summed E-state index contributed by atoms with van der Waals surface area (Å²) in [6.45, 7) is 4.90. The van der Waals surface area contributed by atoms with Gasteiger partial charge in [0.1, 0.15) is 0 Å². The lowest BCUT2D eigenvalue weighted by molar-refractivity contribution is -0.143. The number of carbonyl (C=O) groups excluding carboxylic acids is 2. The Labute approximate surface area is 449 Å². The smallest absolute Gasteiger partial charge is 0.305 e. The minimum absolute atomic E-state index is 0.00148. The highest BCUT2D eigenvalue weighted by atomic mass is 16.5. The van der Waals surface area contributed by atoms with Crippen molar-refractivity contribution in [3.05, 3.63) is 36.5 Å². The molecule has 2 atom stereocenters. The highest BCUT2D eigenvalue weighted by Gasteiger charge is 2.18. The minimum atomic E-state index is -0.851. The molecule has 1 amide bonds.